The van der Waals surface area contributed by atoms with Gasteiger partial charge in [0.25, 0.3) is 0 Å². The van der Waals surface area contributed by atoms with Gasteiger partial charge in [-0.1, -0.05) is 0 Å². The third-order valence-corrected chi connectivity index (χ3v) is 10.1. The fourth-order valence-corrected chi connectivity index (χ4v) is 8.16. The van der Waals surface area contributed by atoms with Crippen LogP contribution in [-0.2, 0) is 11.3 Å². The Morgan fingerprint density at radius 3 is 2.44 bits per heavy atom. The maximum absolute atomic E-state index is 6.15. The van der Waals surface area contributed by atoms with Crippen molar-refractivity contribution in [2.45, 2.75) is 6.10 Å². The molecule has 1 aromatic carbocycles. The second-order valence-corrected chi connectivity index (χ2v) is 13.3. The average Bonchev–Trinajstić information content (AvgIpc) is 2.33. The molecule has 0 aliphatic carbocycles. The molecule has 0 radical (unpaired) electrons. The molecule has 0 aromatic heterocycles. The van der Waals surface area contributed by atoms with E-state index in [-0.39, 0.29) is 6.10 Å². The average molecular weight is 375 g/mol. The number of nitrogens with zero attached hydrogens (tertiary/aromatic N) is 1. The first-order chi connectivity index (χ1) is 8.75. The third-order valence-electron chi connectivity index (χ3n) is 3.24. The summed E-state index contributed by atoms with van der Waals surface area (Å²) in [6.07, 6.45) is 0.0335. The Morgan fingerprint density at radius 2 is 1.78 bits per heavy atom. The van der Waals surface area contributed by atoms with Crippen LogP contribution in [0.5, 0.6) is 0 Å². The molecule has 3 aliphatic rings. The minimum atomic E-state index is -3.18. The van der Waals surface area contributed by atoms with E-state index in [9.17, 15) is 0 Å². The normalized spacial score (nSPS) is 36.7. The van der Waals surface area contributed by atoms with Gasteiger partial charge in [-0.2, -0.15) is 0 Å². The van der Waals surface area contributed by atoms with Gasteiger partial charge in [-0.25, -0.2) is 0 Å². The molecule has 3 aliphatic heterocycles. The van der Waals surface area contributed by atoms with E-state index in [1.165, 1.54) is 5.56 Å². The fourth-order valence-electron chi connectivity index (χ4n) is 2.28. The number of rotatable bonds is 1. The Labute approximate surface area is 117 Å². The Balaban J connectivity index is 1.86. The van der Waals surface area contributed by atoms with Gasteiger partial charge in [0.1, 0.15) is 0 Å². The van der Waals surface area contributed by atoms with E-state index >= 15 is 0 Å². The Kier molecular flexibility index (Phi) is 4.07. The first-order valence-electron chi connectivity index (χ1n) is 6.17. The second-order valence-electron chi connectivity index (χ2n) is 4.50. The van der Waals surface area contributed by atoms with Crippen LogP contribution in [0.15, 0.2) is 30.3 Å². The van der Waals surface area contributed by atoms with Crippen LogP contribution in [0.3, 0.4) is 0 Å². The molecule has 1 unspecified atom stereocenters. The first-order valence-corrected chi connectivity index (χ1v) is 13.7. The monoisotopic (exact) mass is 375 g/mol. The van der Waals surface area contributed by atoms with Crippen LogP contribution >= 0.6 is 14.0 Å². The molecule has 4 rings (SSSR count). The van der Waals surface area contributed by atoms with Crippen LogP contribution in [0.1, 0.15) is 11.7 Å². The summed E-state index contributed by atoms with van der Waals surface area (Å²) in [4.78, 5) is 2.34. The number of hydrogen-bond donors (Lipinski definition) is 0. The van der Waals surface area contributed by atoms with E-state index in [0.717, 1.165) is 19.6 Å². The number of hydrogen-bond acceptors (Lipinski definition) is 4. The van der Waals surface area contributed by atoms with Crippen LogP contribution in [0, 0.1) is 0 Å². The van der Waals surface area contributed by atoms with Crippen LogP contribution in [0.2, 0.25) is 0 Å². The molecule has 4 nitrogen and oxygen atoms in total. The van der Waals surface area contributed by atoms with E-state index in [0.29, 0.717) is 13.2 Å². The molecule has 18 heavy (non-hydrogen) atoms. The molecule has 2 bridgehead atoms. The molecule has 6 heteroatoms. The molecule has 0 saturated carbocycles. The molecule has 3 saturated heterocycles. The molecular formula is C12H16BrGeNO3. The van der Waals surface area contributed by atoms with Crippen molar-refractivity contribution in [3.05, 3.63) is 35.9 Å². The van der Waals surface area contributed by atoms with Gasteiger partial charge in [-0.05, 0) is 0 Å². The molecular weight excluding hydrogens is 359 g/mol. The summed E-state index contributed by atoms with van der Waals surface area (Å²) in [5, 5.41) is 0. The molecule has 3 fully saturated rings. The minimum absolute atomic E-state index is 0.0335. The van der Waals surface area contributed by atoms with Crippen LogP contribution < -0.4 is 0 Å². The number of halogens is 1. The summed E-state index contributed by atoms with van der Waals surface area (Å²) in [7, 11) is 0. The van der Waals surface area contributed by atoms with Crippen molar-refractivity contribution in [3.8, 4) is 0 Å². The summed E-state index contributed by atoms with van der Waals surface area (Å²) in [5.74, 6) is 0. The number of fused-ring (bicyclic) bond motifs is 6. The number of benzene rings is 1. The zero-order valence-corrected chi connectivity index (χ0v) is 13.7. The van der Waals surface area contributed by atoms with Gasteiger partial charge in [0.05, 0.1) is 0 Å². The van der Waals surface area contributed by atoms with Crippen molar-refractivity contribution in [2.24, 2.45) is 0 Å². The Morgan fingerprint density at radius 1 is 1.11 bits per heavy atom. The zero-order valence-electron chi connectivity index (χ0n) is 10.0. The van der Waals surface area contributed by atoms with Crippen molar-refractivity contribution in [2.75, 3.05) is 32.8 Å². The summed E-state index contributed by atoms with van der Waals surface area (Å²) < 4.78 is 17.8. The van der Waals surface area contributed by atoms with Gasteiger partial charge in [0, 0.05) is 0 Å². The maximum atomic E-state index is 6.15. The van der Waals surface area contributed by atoms with Crippen molar-refractivity contribution in [3.63, 3.8) is 0 Å². The summed E-state index contributed by atoms with van der Waals surface area (Å²) >= 11 is 0.424. The summed E-state index contributed by atoms with van der Waals surface area (Å²) in [5.41, 5.74) is 1.19. The van der Waals surface area contributed by atoms with Crippen molar-refractivity contribution in [1.82, 2.24) is 4.90 Å². The van der Waals surface area contributed by atoms with Gasteiger partial charge in [-0.15, -0.1) is 0 Å². The van der Waals surface area contributed by atoms with Gasteiger partial charge >= 0.3 is 117 Å². The predicted molar refractivity (Wildman–Crippen MR) is 73.3 cm³/mol. The summed E-state index contributed by atoms with van der Waals surface area (Å²) in [6.45, 7) is 4.19. The predicted octanol–water partition coefficient (Wildman–Crippen LogP) is 1.94. The van der Waals surface area contributed by atoms with E-state index in [1.807, 2.05) is 18.2 Å². The van der Waals surface area contributed by atoms with Gasteiger partial charge in [0.15, 0.2) is 0 Å². The molecule has 0 spiro atoms. The Bertz CT molecular complexity index is 396. The van der Waals surface area contributed by atoms with Crippen molar-refractivity contribution >= 4 is 26.4 Å². The second kappa shape index (κ2) is 5.60. The zero-order chi connectivity index (χ0) is 12.4. The van der Waals surface area contributed by atoms with Gasteiger partial charge in [-0.3, -0.25) is 0 Å². The van der Waals surface area contributed by atoms with E-state index in [4.69, 9.17) is 11.3 Å². The quantitative estimate of drug-likeness (QED) is 0.703. The van der Waals surface area contributed by atoms with Crippen molar-refractivity contribution < 1.29 is 11.3 Å². The van der Waals surface area contributed by atoms with E-state index in [1.54, 1.807) is 0 Å². The topological polar surface area (TPSA) is 30.9 Å². The van der Waals surface area contributed by atoms with E-state index in [2.05, 4.69) is 31.0 Å². The Hall–Kier alpha value is 0.0829. The van der Waals surface area contributed by atoms with Crippen LogP contribution in [0.4, 0.5) is 0 Å². The molecule has 0 amide bonds. The first kappa shape index (κ1) is 13.1. The fraction of sp³-hybridized carbons (Fsp3) is 0.500. The van der Waals surface area contributed by atoms with Crippen LogP contribution in [-0.4, -0.2) is 50.2 Å². The molecule has 3 heterocycles. The third kappa shape index (κ3) is 2.97. The SMILES string of the molecule is [Br][Ge]12[O]CCN(CC[O]1)CC(c1ccccc1)[O]2. The van der Waals surface area contributed by atoms with Crippen molar-refractivity contribution in [1.29, 1.82) is 0 Å². The standard InChI is InChI=1S/C12H16BrGeNO3/c13-14-16-8-6-15(7-9-17-14)10-12(18-14)11-4-2-1-3-5-11/h1-5,12H,6-10H2. The molecule has 1 aromatic rings. The molecule has 98 valence electrons. The molecule has 1 atom stereocenters. The van der Waals surface area contributed by atoms with Gasteiger partial charge in [0.2, 0.25) is 0 Å². The van der Waals surface area contributed by atoms with Crippen LogP contribution in [0.25, 0.3) is 0 Å². The molecule has 0 N–H and O–H groups in total. The summed E-state index contributed by atoms with van der Waals surface area (Å²) in [6, 6.07) is 10.3. The van der Waals surface area contributed by atoms with Gasteiger partial charge < -0.3 is 0 Å². The van der Waals surface area contributed by atoms with E-state index < -0.39 is 12.4 Å².